The summed E-state index contributed by atoms with van der Waals surface area (Å²) in [5.74, 6) is 0.940. The maximum absolute atomic E-state index is 6.09. The Morgan fingerprint density at radius 2 is 1.91 bits per heavy atom. The van der Waals surface area contributed by atoms with Crippen LogP contribution >= 0.6 is 0 Å². The van der Waals surface area contributed by atoms with E-state index in [4.69, 9.17) is 15.9 Å². The van der Waals surface area contributed by atoms with E-state index in [0.717, 1.165) is 16.5 Å². The quantitative estimate of drug-likeness (QED) is 0.737. The molecule has 4 N–H and O–H groups in total. The van der Waals surface area contributed by atoms with Crippen molar-refractivity contribution in [2.45, 2.75) is 31.6 Å². The average Bonchev–Trinajstić information content (AvgIpc) is 3.17. The molecule has 0 bridgehead atoms. The number of hydrogen-bond acceptors (Lipinski definition) is 4. The molecular weight excluding hydrogens is 274 g/mol. The number of pyridine rings is 1. The van der Waals surface area contributed by atoms with Crippen molar-refractivity contribution >= 4 is 22.5 Å². The highest BCUT2D eigenvalue weighted by Crippen LogP contribution is 2.39. The maximum atomic E-state index is 6.09. The first-order valence-electron chi connectivity index (χ1n) is 7.76. The largest absolute Gasteiger partial charge is 0.437 e. The summed E-state index contributed by atoms with van der Waals surface area (Å²) < 4.78 is 5.48. The second-order valence-electron chi connectivity index (χ2n) is 6.05. The SMILES string of the molecule is Nc1oc2cncc(-c3cccc(C4CCCC4)c3)c2c1N. The van der Waals surface area contributed by atoms with Crippen molar-refractivity contribution in [2.24, 2.45) is 0 Å². The summed E-state index contributed by atoms with van der Waals surface area (Å²) in [5.41, 5.74) is 16.5. The van der Waals surface area contributed by atoms with E-state index in [1.165, 1.54) is 31.2 Å². The number of benzene rings is 1. The molecule has 4 nitrogen and oxygen atoms in total. The summed E-state index contributed by atoms with van der Waals surface area (Å²) in [6.07, 6.45) is 8.72. The predicted molar refractivity (Wildman–Crippen MR) is 89.5 cm³/mol. The van der Waals surface area contributed by atoms with E-state index in [0.29, 0.717) is 17.2 Å². The van der Waals surface area contributed by atoms with Gasteiger partial charge < -0.3 is 15.9 Å². The third kappa shape index (κ3) is 2.03. The number of anilines is 2. The summed E-state index contributed by atoms with van der Waals surface area (Å²) in [7, 11) is 0. The Hall–Kier alpha value is -2.49. The number of nitrogen functional groups attached to an aromatic ring is 2. The number of fused-ring (bicyclic) bond motifs is 1. The van der Waals surface area contributed by atoms with Crippen LogP contribution in [0.3, 0.4) is 0 Å². The maximum Gasteiger partial charge on any atom is 0.214 e. The smallest absolute Gasteiger partial charge is 0.214 e. The highest BCUT2D eigenvalue weighted by Gasteiger charge is 2.19. The van der Waals surface area contributed by atoms with Gasteiger partial charge in [0.25, 0.3) is 0 Å². The number of rotatable bonds is 2. The first-order chi connectivity index (χ1) is 10.7. The molecule has 1 aliphatic rings. The van der Waals surface area contributed by atoms with Crippen LogP contribution in [0.15, 0.2) is 41.1 Å². The summed E-state index contributed by atoms with van der Waals surface area (Å²) in [4.78, 5) is 4.27. The van der Waals surface area contributed by atoms with Crippen molar-refractivity contribution in [3.63, 3.8) is 0 Å². The van der Waals surface area contributed by atoms with Crippen LogP contribution in [0.4, 0.5) is 11.6 Å². The zero-order valence-electron chi connectivity index (χ0n) is 12.4. The molecule has 112 valence electrons. The summed E-state index contributed by atoms with van der Waals surface area (Å²) in [6.45, 7) is 0. The summed E-state index contributed by atoms with van der Waals surface area (Å²) in [6, 6.07) is 8.69. The van der Waals surface area contributed by atoms with Gasteiger partial charge in [-0.1, -0.05) is 37.1 Å². The molecule has 0 saturated heterocycles. The normalized spacial score (nSPS) is 15.6. The molecule has 1 saturated carbocycles. The van der Waals surface area contributed by atoms with Gasteiger partial charge in [-0.2, -0.15) is 0 Å². The number of nitrogens with two attached hydrogens (primary N) is 2. The molecule has 0 unspecified atom stereocenters. The Kier molecular flexibility index (Phi) is 3.03. The fourth-order valence-electron chi connectivity index (χ4n) is 3.53. The molecule has 3 aromatic rings. The molecule has 1 fully saturated rings. The van der Waals surface area contributed by atoms with Crippen molar-refractivity contribution in [1.82, 2.24) is 4.98 Å². The van der Waals surface area contributed by atoms with Gasteiger partial charge in [-0.25, -0.2) is 0 Å². The van der Waals surface area contributed by atoms with Gasteiger partial charge in [0.05, 0.1) is 11.6 Å². The fraction of sp³-hybridized carbons (Fsp3) is 0.278. The molecule has 1 aliphatic carbocycles. The number of aromatic nitrogens is 1. The number of furan rings is 1. The molecular formula is C18H19N3O. The molecule has 0 amide bonds. The molecule has 0 radical (unpaired) electrons. The van der Waals surface area contributed by atoms with Crippen LogP contribution in [0.5, 0.6) is 0 Å². The fourth-order valence-corrected chi connectivity index (χ4v) is 3.53. The van der Waals surface area contributed by atoms with Gasteiger partial charge in [-0.15, -0.1) is 0 Å². The molecule has 22 heavy (non-hydrogen) atoms. The topological polar surface area (TPSA) is 78.1 Å². The van der Waals surface area contributed by atoms with Crippen LogP contribution in [0, 0.1) is 0 Å². The molecule has 0 aliphatic heterocycles. The molecule has 2 aromatic heterocycles. The van der Waals surface area contributed by atoms with Crippen molar-refractivity contribution in [3.05, 3.63) is 42.2 Å². The zero-order chi connectivity index (χ0) is 15.1. The lowest BCUT2D eigenvalue weighted by Crippen LogP contribution is -1.94. The van der Waals surface area contributed by atoms with Crippen LogP contribution in [0.2, 0.25) is 0 Å². The molecule has 4 rings (SSSR count). The molecule has 0 atom stereocenters. The predicted octanol–water partition coefficient (Wildman–Crippen LogP) is 4.32. The first kappa shape index (κ1) is 13.2. The van der Waals surface area contributed by atoms with Crippen molar-refractivity contribution in [1.29, 1.82) is 0 Å². The lowest BCUT2D eigenvalue weighted by Gasteiger charge is -2.11. The van der Waals surface area contributed by atoms with E-state index in [1.54, 1.807) is 6.20 Å². The van der Waals surface area contributed by atoms with E-state index < -0.39 is 0 Å². The lowest BCUT2D eigenvalue weighted by molar-refractivity contribution is 0.637. The Balaban J connectivity index is 1.86. The van der Waals surface area contributed by atoms with Gasteiger partial charge >= 0.3 is 0 Å². The lowest BCUT2D eigenvalue weighted by atomic mass is 9.93. The van der Waals surface area contributed by atoms with Crippen LogP contribution in [0.25, 0.3) is 22.1 Å². The second kappa shape index (κ2) is 5.05. The molecule has 4 heteroatoms. The Bertz CT molecular complexity index is 831. The summed E-state index contributed by atoms with van der Waals surface area (Å²) in [5, 5.41) is 0.857. The third-order valence-electron chi connectivity index (χ3n) is 4.69. The van der Waals surface area contributed by atoms with E-state index >= 15 is 0 Å². The van der Waals surface area contributed by atoms with Gasteiger partial charge in [-0.05, 0) is 29.9 Å². The third-order valence-corrected chi connectivity index (χ3v) is 4.69. The second-order valence-corrected chi connectivity index (χ2v) is 6.05. The molecule has 1 aromatic carbocycles. The van der Waals surface area contributed by atoms with Gasteiger partial charge in [0.15, 0.2) is 5.58 Å². The minimum absolute atomic E-state index is 0.260. The monoisotopic (exact) mass is 293 g/mol. The Labute approximate surface area is 129 Å². The standard InChI is InChI=1S/C18H19N3O/c19-17-16-14(9-21-10-15(16)22-18(17)20)13-7-3-6-12(8-13)11-4-1-2-5-11/h3,6-11H,1-2,4-5,19-20H2. The van der Waals surface area contributed by atoms with Gasteiger partial charge in [0.1, 0.15) is 5.69 Å². The molecule has 2 heterocycles. The van der Waals surface area contributed by atoms with Crippen molar-refractivity contribution < 1.29 is 4.42 Å². The van der Waals surface area contributed by atoms with E-state index in [-0.39, 0.29) is 5.88 Å². The van der Waals surface area contributed by atoms with Crippen LogP contribution < -0.4 is 11.5 Å². The zero-order valence-corrected chi connectivity index (χ0v) is 12.4. The van der Waals surface area contributed by atoms with Gasteiger partial charge in [0.2, 0.25) is 5.88 Å². The Morgan fingerprint density at radius 1 is 1.09 bits per heavy atom. The van der Waals surface area contributed by atoms with Gasteiger partial charge in [0, 0.05) is 11.8 Å². The Morgan fingerprint density at radius 3 is 2.73 bits per heavy atom. The van der Waals surface area contributed by atoms with Crippen LogP contribution in [-0.4, -0.2) is 4.98 Å². The summed E-state index contributed by atoms with van der Waals surface area (Å²) >= 11 is 0. The number of hydrogen-bond donors (Lipinski definition) is 2. The number of nitrogens with zero attached hydrogens (tertiary/aromatic N) is 1. The highest BCUT2D eigenvalue weighted by molar-refractivity contribution is 6.04. The first-order valence-corrected chi connectivity index (χ1v) is 7.76. The van der Waals surface area contributed by atoms with E-state index in [9.17, 15) is 0 Å². The van der Waals surface area contributed by atoms with Crippen LogP contribution in [-0.2, 0) is 0 Å². The van der Waals surface area contributed by atoms with E-state index in [1.807, 2.05) is 6.20 Å². The van der Waals surface area contributed by atoms with Gasteiger partial charge in [-0.3, -0.25) is 4.98 Å². The van der Waals surface area contributed by atoms with Crippen molar-refractivity contribution in [3.8, 4) is 11.1 Å². The minimum Gasteiger partial charge on any atom is -0.437 e. The minimum atomic E-state index is 0.260. The van der Waals surface area contributed by atoms with Crippen molar-refractivity contribution in [2.75, 3.05) is 11.5 Å². The average molecular weight is 293 g/mol. The van der Waals surface area contributed by atoms with Crippen LogP contribution in [0.1, 0.15) is 37.2 Å². The van der Waals surface area contributed by atoms with E-state index in [2.05, 4.69) is 29.2 Å². The molecule has 0 spiro atoms. The highest BCUT2D eigenvalue weighted by atomic mass is 16.3.